The molecule has 1 unspecified atom stereocenters. The van der Waals surface area contributed by atoms with E-state index in [4.69, 9.17) is 15.6 Å². The van der Waals surface area contributed by atoms with Gasteiger partial charge in [0.1, 0.15) is 6.04 Å². The van der Waals surface area contributed by atoms with Crippen LogP contribution in [0.3, 0.4) is 0 Å². The van der Waals surface area contributed by atoms with Gasteiger partial charge in [0.15, 0.2) is 0 Å². The van der Waals surface area contributed by atoms with E-state index >= 15 is 0 Å². The van der Waals surface area contributed by atoms with Crippen LogP contribution in [0.15, 0.2) is 0 Å². The number of hydrogen-bond donors (Lipinski definition) is 2. The lowest BCUT2D eigenvalue weighted by Crippen LogP contribution is -2.41. The van der Waals surface area contributed by atoms with Gasteiger partial charge in [0.05, 0.1) is 12.7 Å². The standard InChI is InChI=1S/C12H25NO3/c1-4-6-7-10(5-2)8-16-12(15)11(13)9(3)14/h9-11,14H,4-8,13H2,1-3H3/t9-,10?,11+/m1/s1. The Morgan fingerprint density at radius 2 is 2.06 bits per heavy atom. The molecule has 0 rings (SSSR count). The van der Waals surface area contributed by atoms with Crippen LogP contribution in [0.1, 0.15) is 46.5 Å². The second-order valence-corrected chi connectivity index (χ2v) is 4.31. The van der Waals surface area contributed by atoms with E-state index in [2.05, 4.69) is 13.8 Å². The molecule has 0 fully saturated rings. The van der Waals surface area contributed by atoms with Crippen molar-refractivity contribution in [1.29, 1.82) is 0 Å². The van der Waals surface area contributed by atoms with Crippen molar-refractivity contribution in [2.24, 2.45) is 11.7 Å². The van der Waals surface area contributed by atoms with Crippen molar-refractivity contribution in [3.05, 3.63) is 0 Å². The van der Waals surface area contributed by atoms with E-state index in [1.54, 1.807) is 0 Å². The molecule has 0 amide bonds. The Morgan fingerprint density at radius 1 is 1.44 bits per heavy atom. The maximum absolute atomic E-state index is 11.4. The van der Waals surface area contributed by atoms with Crippen molar-refractivity contribution in [2.45, 2.75) is 58.6 Å². The van der Waals surface area contributed by atoms with E-state index in [9.17, 15) is 4.79 Å². The van der Waals surface area contributed by atoms with Crippen LogP contribution in [0.25, 0.3) is 0 Å². The Labute approximate surface area is 98.2 Å². The molecule has 0 aliphatic rings. The summed E-state index contributed by atoms with van der Waals surface area (Å²) in [4.78, 5) is 11.4. The average Bonchev–Trinajstić information content (AvgIpc) is 2.27. The number of ether oxygens (including phenoxy) is 1. The van der Waals surface area contributed by atoms with E-state index in [1.165, 1.54) is 6.92 Å². The predicted molar refractivity (Wildman–Crippen MR) is 63.9 cm³/mol. The number of carbonyl (C=O) groups is 1. The molecular weight excluding hydrogens is 206 g/mol. The van der Waals surface area contributed by atoms with Gasteiger partial charge < -0.3 is 15.6 Å². The van der Waals surface area contributed by atoms with Crippen molar-refractivity contribution in [3.8, 4) is 0 Å². The summed E-state index contributed by atoms with van der Waals surface area (Å²) in [5.74, 6) is -0.102. The lowest BCUT2D eigenvalue weighted by molar-refractivity contribution is -0.149. The number of aliphatic hydroxyl groups is 1. The number of hydrogen-bond acceptors (Lipinski definition) is 4. The molecule has 0 saturated heterocycles. The average molecular weight is 231 g/mol. The van der Waals surface area contributed by atoms with Crippen LogP contribution in [0, 0.1) is 5.92 Å². The van der Waals surface area contributed by atoms with Crippen molar-refractivity contribution >= 4 is 5.97 Å². The number of esters is 1. The fraction of sp³-hybridized carbons (Fsp3) is 0.917. The van der Waals surface area contributed by atoms with Gasteiger partial charge in [-0.15, -0.1) is 0 Å². The fourth-order valence-electron chi connectivity index (χ4n) is 1.39. The van der Waals surface area contributed by atoms with Gasteiger partial charge in [-0.3, -0.25) is 4.79 Å². The molecule has 4 heteroatoms. The highest BCUT2D eigenvalue weighted by Crippen LogP contribution is 2.13. The van der Waals surface area contributed by atoms with Gasteiger partial charge in [-0.25, -0.2) is 0 Å². The maximum atomic E-state index is 11.4. The quantitative estimate of drug-likeness (QED) is 0.620. The van der Waals surface area contributed by atoms with Crippen LogP contribution in [-0.2, 0) is 9.53 Å². The summed E-state index contributed by atoms with van der Waals surface area (Å²) in [5, 5.41) is 9.13. The highest BCUT2D eigenvalue weighted by molar-refractivity contribution is 5.76. The largest absolute Gasteiger partial charge is 0.464 e. The molecule has 0 saturated carbocycles. The summed E-state index contributed by atoms with van der Waals surface area (Å²) in [7, 11) is 0. The van der Waals surface area contributed by atoms with E-state index in [0.29, 0.717) is 12.5 Å². The second-order valence-electron chi connectivity index (χ2n) is 4.31. The maximum Gasteiger partial charge on any atom is 0.325 e. The first-order valence-corrected chi connectivity index (χ1v) is 6.13. The minimum Gasteiger partial charge on any atom is -0.464 e. The van der Waals surface area contributed by atoms with Crippen LogP contribution in [0.2, 0.25) is 0 Å². The van der Waals surface area contributed by atoms with Crippen molar-refractivity contribution < 1.29 is 14.6 Å². The highest BCUT2D eigenvalue weighted by atomic mass is 16.5. The molecule has 0 spiro atoms. The molecular formula is C12H25NO3. The van der Waals surface area contributed by atoms with E-state index < -0.39 is 18.1 Å². The highest BCUT2D eigenvalue weighted by Gasteiger charge is 2.21. The number of aliphatic hydroxyl groups excluding tert-OH is 1. The Kier molecular flexibility index (Phi) is 8.21. The summed E-state index contributed by atoms with van der Waals surface area (Å²) >= 11 is 0. The molecule has 0 heterocycles. The first-order valence-electron chi connectivity index (χ1n) is 6.13. The number of nitrogens with two attached hydrogens (primary N) is 1. The smallest absolute Gasteiger partial charge is 0.325 e. The number of carbonyl (C=O) groups excluding carboxylic acids is 1. The summed E-state index contributed by atoms with van der Waals surface area (Å²) in [6.45, 7) is 6.13. The minimum atomic E-state index is -0.927. The third kappa shape index (κ3) is 6.08. The summed E-state index contributed by atoms with van der Waals surface area (Å²) in [5.41, 5.74) is 5.46. The number of unbranched alkanes of at least 4 members (excludes halogenated alkanes) is 1. The van der Waals surface area contributed by atoms with Gasteiger partial charge in [0, 0.05) is 0 Å². The molecule has 16 heavy (non-hydrogen) atoms. The van der Waals surface area contributed by atoms with Crippen LogP contribution in [0.5, 0.6) is 0 Å². The summed E-state index contributed by atoms with van der Waals surface area (Å²) < 4.78 is 5.09. The first-order chi connectivity index (χ1) is 7.52. The topological polar surface area (TPSA) is 72.5 Å². The molecule has 3 atom stereocenters. The molecule has 0 aromatic rings. The Balaban J connectivity index is 3.87. The predicted octanol–water partition coefficient (Wildman–Crippen LogP) is 1.45. The molecule has 3 N–H and O–H groups in total. The summed E-state index contributed by atoms with van der Waals surface area (Å²) in [6.07, 6.45) is 3.51. The molecule has 0 aliphatic carbocycles. The van der Waals surface area contributed by atoms with Crippen molar-refractivity contribution in [1.82, 2.24) is 0 Å². The van der Waals surface area contributed by atoms with Crippen LogP contribution < -0.4 is 5.73 Å². The first kappa shape index (κ1) is 15.4. The minimum absolute atomic E-state index is 0.407. The lowest BCUT2D eigenvalue weighted by Gasteiger charge is -2.18. The van der Waals surface area contributed by atoms with E-state index in [1.807, 2.05) is 0 Å². The SMILES string of the molecule is CCCCC(CC)COC(=O)[C@@H](N)[C@@H](C)O. The van der Waals surface area contributed by atoms with Crippen molar-refractivity contribution in [3.63, 3.8) is 0 Å². The molecule has 0 aliphatic heterocycles. The van der Waals surface area contributed by atoms with E-state index in [0.717, 1.165) is 25.7 Å². The Morgan fingerprint density at radius 3 is 2.50 bits per heavy atom. The van der Waals surface area contributed by atoms with Crippen LogP contribution >= 0.6 is 0 Å². The van der Waals surface area contributed by atoms with Gasteiger partial charge >= 0.3 is 5.97 Å². The lowest BCUT2D eigenvalue weighted by atomic mass is 10.0. The molecule has 96 valence electrons. The monoisotopic (exact) mass is 231 g/mol. The van der Waals surface area contributed by atoms with Gasteiger partial charge in [-0.05, 0) is 19.3 Å². The zero-order chi connectivity index (χ0) is 12.6. The molecule has 0 aromatic heterocycles. The third-order valence-electron chi connectivity index (χ3n) is 2.80. The molecule has 0 bridgehead atoms. The third-order valence-corrected chi connectivity index (χ3v) is 2.80. The molecule has 0 aromatic carbocycles. The zero-order valence-electron chi connectivity index (χ0n) is 10.6. The van der Waals surface area contributed by atoms with Crippen LogP contribution in [-0.4, -0.2) is 29.8 Å². The Hall–Kier alpha value is -0.610. The van der Waals surface area contributed by atoms with Gasteiger partial charge in [-0.1, -0.05) is 33.1 Å². The van der Waals surface area contributed by atoms with Gasteiger partial charge in [-0.2, -0.15) is 0 Å². The zero-order valence-corrected chi connectivity index (χ0v) is 10.6. The molecule has 4 nitrogen and oxygen atoms in total. The summed E-state index contributed by atoms with van der Waals surface area (Å²) in [6, 6.07) is -0.927. The number of rotatable bonds is 8. The molecule has 0 radical (unpaired) electrons. The van der Waals surface area contributed by atoms with Gasteiger partial charge in [0.25, 0.3) is 0 Å². The second kappa shape index (κ2) is 8.53. The Bertz CT molecular complexity index is 195. The fourth-order valence-corrected chi connectivity index (χ4v) is 1.39. The van der Waals surface area contributed by atoms with E-state index in [-0.39, 0.29) is 0 Å². The normalized spacial score (nSPS) is 16.6. The van der Waals surface area contributed by atoms with Gasteiger partial charge in [0.2, 0.25) is 0 Å². The van der Waals surface area contributed by atoms with Crippen LogP contribution in [0.4, 0.5) is 0 Å². The van der Waals surface area contributed by atoms with Crippen molar-refractivity contribution in [2.75, 3.05) is 6.61 Å².